The van der Waals surface area contributed by atoms with Crippen LogP contribution in [0.25, 0.3) is 10.1 Å². The van der Waals surface area contributed by atoms with Gasteiger partial charge in [0.1, 0.15) is 5.75 Å². The molecule has 2 aromatic rings. The Morgan fingerprint density at radius 3 is 3.00 bits per heavy atom. The van der Waals surface area contributed by atoms with Crippen molar-refractivity contribution in [2.24, 2.45) is 0 Å². The summed E-state index contributed by atoms with van der Waals surface area (Å²) in [5.74, 6) is 0.419. The molecule has 0 atom stereocenters. The van der Waals surface area contributed by atoms with Gasteiger partial charge in [-0.3, -0.25) is 0 Å². The Hall–Kier alpha value is -0.540. The lowest BCUT2D eigenvalue weighted by atomic mass is 10.1. The number of alkyl halides is 1. The molecule has 1 aromatic carbocycles. The number of aryl methyl sites for hydroxylation is 1. The van der Waals surface area contributed by atoms with E-state index in [4.69, 9.17) is 0 Å². The summed E-state index contributed by atoms with van der Waals surface area (Å²) in [6, 6.07) is 4.09. The van der Waals surface area contributed by atoms with Crippen molar-refractivity contribution in [1.82, 2.24) is 0 Å². The van der Waals surface area contributed by atoms with Crippen LogP contribution in [0.5, 0.6) is 5.75 Å². The normalized spacial score (nSPS) is 10.9. The number of halogens is 1. The highest BCUT2D eigenvalue weighted by Crippen LogP contribution is 2.34. The summed E-state index contributed by atoms with van der Waals surface area (Å²) in [7, 11) is 0. The zero-order chi connectivity index (χ0) is 9.42. The van der Waals surface area contributed by atoms with Crippen molar-refractivity contribution in [1.29, 1.82) is 0 Å². The van der Waals surface area contributed by atoms with Crippen molar-refractivity contribution < 1.29 is 5.11 Å². The van der Waals surface area contributed by atoms with E-state index in [0.717, 1.165) is 16.5 Å². The van der Waals surface area contributed by atoms with Gasteiger partial charge in [0, 0.05) is 15.6 Å². The summed E-state index contributed by atoms with van der Waals surface area (Å²) in [6.45, 7) is 1.95. The average molecular weight is 257 g/mol. The molecule has 0 radical (unpaired) electrons. The third-order valence-corrected chi connectivity index (χ3v) is 3.68. The highest BCUT2D eigenvalue weighted by Gasteiger charge is 2.08. The molecule has 1 aromatic heterocycles. The molecule has 0 fully saturated rings. The maximum atomic E-state index is 9.79. The summed E-state index contributed by atoms with van der Waals surface area (Å²) in [6.07, 6.45) is 0. The Morgan fingerprint density at radius 2 is 2.31 bits per heavy atom. The van der Waals surface area contributed by atoms with Crippen LogP contribution in [-0.4, -0.2) is 5.11 Å². The molecule has 13 heavy (non-hydrogen) atoms. The van der Waals surface area contributed by atoms with Gasteiger partial charge in [-0.15, -0.1) is 11.3 Å². The second kappa shape index (κ2) is 3.31. The van der Waals surface area contributed by atoms with E-state index in [9.17, 15) is 5.11 Å². The molecule has 3 heteroatoms. The molecule has 0 amide bonds. The van der Waals surface area contributed by atoms with Crippen molar-refractivity contribution in [2.75, 3.05) is 0 Å². The predicted octanol–water partition coefficient (Wildman–Crippen LogP) is 3.81. The second-order valence-electron chi connectivity index (χ2n) is 2.98. The molecule has 0 spiro atoms. The van der Waals surface area contributed by atoms with Crippen molar-refractivity contribution in [3.8, 4) is 5.75 Å². The monoisotopic (exact) mass is 256 g/mol. The molecule has 0 saturated heterocycles. The third kappa shape index (κ3) is 1.36. The number of phenols is 1. The van der Waals surface area contributed by atoms with Crippen LogP contribution in [0.15, 0.2) is 17.5 Å². The van der Waals surface area contributed by atoms with E-state index >= 15 is 0 Å². The first kappa shape index (κ1) is 9.03. The van der Waals surface area contributed by atoms with Gasteiger partial charge < -0.3 is 5.11 Å². The maximum absolute atomic E-state index is 9.79. The Bertz CT molecular complexity index is 447. The van der Waals surface area contributed by atoms with Crippen LogP contribution in [0.2, 0.25) is 0 Å². The fourth-order valence-electron chi connectivity index (χ4n) is 1.44. The minimum absolute atomic E-state index is 0.419. The largest absolute Gasteiger partial charge is 0.507 e. The molecule has 68 valence electrons. The van der Waals surface area contributed by atoms with E-state index < -0.39 is 0 Å². The number of benzene rings is 1. The van der Waals surface area contributed by atoms with Crippen molar-refractivity contribution >= 4 is 37.4 Å². The fraction of sp³-hybridized carbons (Fsp3) is 0.200. The van der Waals surface area contributed by atoms with Gasteiger partial charge in [-0.1, -0.05) is 15.9 Å². The predicted molar refractivity (Wildman–Crippen MR) is 60.9 cm³/mol. The van der Waals surface area contributed by atoms with Crippen LogP contribution >= 0.6 is 27.3 Å². The van der Waals surface area contributed by atoms with Crippen LogP contribution in [0, 0.1) is 6.92 Å². The SMILES string of the molecule is Cc1c(O)c(CBr)cc2sccc12. The summed E-state index contributed by atoms with van der Waals surface area (Å²) in [5, 5.41) is 13.7. The molecule has 2 rings (SSSR count). The van der Waals surface area contributed by atoms with E-state index in [1.54, 1.807) is 11.3 Å². The number of aromatic hydroxyl groups is 1. The number of hydrogen-bond donors (Lipinski definition) is 1. The first-order chi connectivity index (χ1) is 6.24. The molecule has 1 N–H and O–H groups in total. The molecule has 0 aliphatic rings. The molecule has 0 unspecified atom stereocenters. The first-order valence-corrected chi connectivity index (χ1v) is 5.98. The van der Waals surface area contributed by atoms with Gasteiger partial charge in [-0.25, -0.2) is 0 Å². The summed E-state index contributed by atoms with van der Waals surface area (Å²) in [4.78, 5) is 0. The lowest BCUT2D eigenvalue weighted by molar-refractivity contribution is 0.468. The summed E-state index contributed by atoms with van der Waals surface area (Å²) >= 11 is 5.07. The van der Waals surface area contributed by atoms with Gasteiger partial charge in [0.15, 0.2) is 0 Å². The van der Waals surface area contributed by atoms with Crippen molar-refractivity contribution in [3.63, 3.8) is 0 Å². The van der Waals surface area contributed by atoms with E-state index in [1.165, 1.54) is 4.70 Å². The molecular weight excluding hydrogens is 248 g/mol. The molecular formula is C10H9BrOS. The van der Waals surface area contributed by atoms with E-state index in [1.807, 2.05) is 19.1 Å². The molecule has 1 heterocycles. The van der Waals surface area contributed by atoms with Gasteiger partial charge in [0.2, 0.25) is 0 Å². The van der Waals surface area contributed by atoms with Crippen molar-refractivity contribution in [2.45, 2.75) is 12.3 Å². The third-order valence-electron chi connectivity index (χ3n) is 2.21. The molecule has 0 aliphatic carbocycles. The lowest BCUT2D eigenvalue weighted by Crippen LogP contribution is -1.83. The van der Waals surface area contributed by atoms with Gasteiger partial charge in [0.05, 0.1) is 0 Å². The fourth-order valence-corrected chi connectivity index (χ4v) is 2.78. The molecule has 0 bridgehead atoms. The van der Waals surface area contributed by atoms with E-state index in [0.29, 0.717) is 11.1 Å². The van der Waals surface area contributed by atoms with E-state index in [-0.39, 0.29) is 0 Å². The molecule has 0 saturated carbocycles. The van der Waals surface area contributed by atoms with Gasteiger partial charge in [0.25, 0.3) is 0 Å². The first-order valence-electron chi connectivity index (χ1n) is 3.98. The maximum Gasteiger partial charge on any atom is 0.123 e. The zero-order valence-electron chi connectivity index (χ0n) is 7.17. The standard InChI is InChI=1S/C10H9BrOS/c1-6-8-2-3-13-9(8)4-7(5-11)10(6)12/h2-4,12H,5H2,1H3. The van der Waals surface area contributed by atoms with Crippen LogP contribution in [-0.2, 0) is 5.33 Å². The number of hydrogen-bond acceptors (Lipinski definition) is 2. The highest BCUT2D eigenvalue weighted by atomic mass is 79.9. The minimum Gasteiger partial charge on any atom is -0.507 e. The minimum atomic E-state index is 0.419. The van der Waals surface area contributed by atoms with Gasteiger partial charge in [-0.2, -0.15) is 0 Å². The number of rotatable bonds is 1. The quantitative estimate of drug-likeness (QED) is 0.770. The Kier molecular flexibility index (Phi) is 2.30. The highest BCUT2D eigenvalue weighted by molar-refractivity contribution is 9.08. The van der Waals surface area contributed by atoms with E-state index in [2.05, 4.69) is 21.3 Å². The van der Waals surface area contributed by atoms with Crippen LogP contribution in [0.4, 0.5) is 0 Å². The topological polar surface area (TPSA) is 20.2 Å². The van der Waals surface area contributed by atoms with Gasteiger partial charge >= 0.3 is 0 Å². The van der Waals surface area contributed by atoms with Crippen LogP contribution < -0.4 is 0 Å². The molecule has 1 nitrogen and oxygen atoms in total. The Balaban J connectivity index is 2.83. The Labute approximate surface area is 89.1 Å². The lowest BCUT2D eigenvalue weighted by Gasteiger charge is -2.05. The smallest absolute Gasteiger partial charge is 0.123 e. The Morgan fingerprint density at radius 1 is 1.54 bits per heavy atom. The summed E-state index contributed by atoms with van der Waals surface area (Å²) < 4.78 is 1.24. The average Bonchev–Trinajstić information content (AvgIpc) is 2.59. The zero-order valence-corrected chi connectivity index (χ0v) is 9.58. The van der Waals surface area contributed by atoms with Crippen LogP contribution in [0.1, 0.15) is 11.1 Å². The summed E-state index contributed by atoms with van der Waals surface area (Å²) in [5.41, 5.74) is 1.95. The van der Waals surface area contributed by atoms with Crippen molar-refractivity contribution in [3.05, 3.63) is 28.6 Å². The number of fused-ring (bicyclic) bond motifs is 1. The number of phenolic OH excluding ortho intramolecular Hbond substituents is 1. The van der Waals surface area contributed by atoms with Gasteiger partial charge in [-0.05, 0) is 35.4 Å². The second-order valence-corrected chi connectivity index (χ2v) is 4.48. The van der Waals surface area contributed by atoms with Crippen LogP contribution in [0.3, 0.4) is 0 Å². The number of thiophene rings is 1. The molecule has 0 aliphatic heterocycles.